The second-order valence-electron chi connectivity index (χ2n) is 12.1. The SMILES string of the molecule is C/C=C(\O)[C@@H]1C[C@H](N(CC(C)C)C(=O)c2nnn(-c3ccccc3)c2CCCCOC)CN(C(=O)OC(C)(C)C)C1. The molecule has 41 heavy (non-hydrogen) atoms. The van der Waals surface area contributed by atoms with Gasteiger partial charge in [0, 0.05) is 39.3 Å². The summed E-state index contributed by atoms with van der Waals surface area (Å²) in [4.78, 5) is 30.9. The first-order valence-corrected chi connectivity index (χ1v) is 14.6. The molecule has 2 heterocycles. The van der Waals surface area contributed by atoms with Crippen molar-refractivity contribution in [2.45, 2.75) is 78.9 Å². The number of rotatable bonds is 11. The molecule has 0 spiro atoms. The molecule has 10 heteroatoms. The number of aromatic nitrogens is 3. The van der Waals surface area contributed by atoms with Gasteiger partial charge in [0.2, 0.25) is 0 Å². The molecule has 1 N–H and O–H groups in total. The molecule has 0 radical (unpaired) electrons. The van der Waals surface area contributed by atoms with Crippen molar-refractivity contribution in [3.63, 3.8) is 0 Å². The summed E-state index contributed by atoms with van der Waals surface area (Å²) in [7, 11) is 1.68. The average molecular weight is 570 g/mol. The van der Waals surface area contributed by atoms with E-state index in [0.717, 1.165) is 24.2 Å². The van der Waals surface area contributed by atoms with E-state index in [-0.39, 0.29) is 29.5 Å². The molecule has 1 fully saturated rings. The van der Waals surface area contributed by atoms with E-state index in [1.54, 1.807) is 29.7 Å². The second-order valence-corrected chi connectivity index (χ2v) is 12.1. The first kappa shape index (κ1) is 32.1. The number of nitrogens with zero attached hydrogens (tertiary/aromatic N) is 5. The lowest BCUT2D eigenvalue weighted by molar-refractivity contribution is 0.000886. The number of carbonyl (C=O) groups excluding carboxylic acids is 2. The number of unbranched alkanes of at least 4 members (excludes halogenated alkanes) is 1. The Morgan fingerprint density at radius 3 is 2.49 bits per heavy atom. The number of carbonyl (C=O) groups is 2. The smallest absolute Gasteiger partial charge is 0.410 e. The number of aliphatic hydroxyl groups excluding tert-OH is 1. The summed E-state index contributed by atoms with van der Waals surface area (Å²) >= 11 is 0. The molecule has 10 nitrogen and oxygen atoms in total. The number of likely N-dealkylation sites (tertiary alicyclic amines) is 1. The summed E-state index contributed by atoms with van der Waals surface area (Å²) in [6, 6.07) is 9.33. The third-order valence-electron chi connectivity index (χ3n) is 7.04. The molecule has 1 aliphatic rings. The molecule has 0 unspecified atom stereocenters. The highest BCUT2D eigenvalue weighted by Crippen LogP contribution is 2.29. The summed E-state index contributed by atoms with van der Waals surface area (Å²) in [5.74, 6) is -0.173. The van der Waals surface area contributed by atoms with Crippen LogP contribution in [-0.2, 0) is 15.9 Å². The third kappa shape index (κ3) is 8.79. The number of para-hydroxylation sites is 1. The largest absolute Gasteiger partial charge is 0.512 e. The summed E-state index contributed by atoms with van der Waals surface area (Å²) in [6.07, 6.45) is 3.98. The molecule has 1 aromatic heterocycles. The van der Waals surface area contributed by atoms with Gasteiger partial charge in [-0.1, -0.05) is 37.3 Å². The van der Waals surface area contributed by atoms with Crippen LogP contribution in [0.5, 0.6) is 0 Å². The normalized spacial score (nSPS) is 18.0. The van der Waals surface area contributed by atoms with Crippen LogP contribution in [-0.4, -0.2) is 86.9 Å². The molecule has 0 aliphatic carbocycles. The van der Waals surface area contributed by atoms with Gasteiger partial charge in [-0.2, -0.15) is 0 Å². The van der Waals surface area contributed by atoms with Crippen LogP contribution in [0.4, 0.5) is 4.79 Å². The standard InChI is InChI=1S/C31H47N5O5/c1-8-27(37)23-18-25(21-34(20-23)30(39)41-31(4,5)6)35(19-22(2)3)29(38)28-26(16-12-13-17-40-7)36(33-32-28)24-14-10-9-11-15-24/h8-11,14-15,22-23,25,37H,12-13,16-21H2,1-7H3/b27-8-/t23-,25+/m1/s1. The zero-order valence-corrected chi connectivity index (χ0v) is 25.7. The fourth-order valence-corrected chi connectivity index (χ4v) is 5.16. The van der Waals surface area contributed by atoms with E-state index in [9.17, 15) is 14.7 Å². The number of hydrogen-bond acceptors (Lipinski definition) is 7. The zero-order chi connectivity index (χ0) is 30.2. The van der Waals surface area contributed by atoms with Crippen LogP contribution in [0.25, 0.3) is 5.69 Å². The van der Waals surface area contributed by atoms with Crippen molar-refractivity contribution in [1.82, 2.24) is 24.8 Å². The van der Waals surface area contributed by atoms with E-state index in [1.165, 1.54) is 0 Å². The van der Waals surface area contributed by atoms with Crippen LogP contribution >= 0.6 is 0 Å². The van der Waals surface area contributed by atoms with Gasteiger partial charge < -0.3 is 24.4 Å². The molecule has 226 valence electrons. The van der Waals surface area contributed by atoms with E-state index >= 15 is 0 Å². The monoisotopic (exact) mass is 569 g/mol. The summed E-state index contributed by atoms with van der Waals surface area (Å²) in [5.41, 5.74) is 1.23. The van der Waals surface area contributed by atoms with Crippen molar-refractivity contribution >= 4 is 12.0 Å². The maximum Gasteiger partial charge on any atom is 0.410 e. The maximum absolute atomic E-state index is 14.4. The zero-order valence-electron chi connectivity index (χ0n) is 25.7. The predicted molar refractivity (Wildman–Crippen MR) is 158 cm³/mol. The van der Waals surface area contributed by atoms with Gasteiger partial charge >= 0.3 is 6.09 Å². The highest BCUT2D eigenvalue weighted by atomic mass is 16.6. The Balaban J connectivity index is 2.00. The summed E-state index contributed by atoms with van der Waals surface area (Å²) < 4.78 is 12.7. The molecule has 2 aromatic rings. The highest BCUT2D eigenvalue weighted by Gasteiger charge is 2.39. The predicted octanol–water partition coefficient (Wildman–Crippen LogP) is 5.42. The molecule has 1 saturated heterocycles. The lowest BCUT2D eigenvalue weighted by Gasteiger charge is -2.43. The summed E-state index contributed by atoms with van der Waals surface area (Å²) in [5, 5.41) is 19.5. The van der Waals surface area contributed by atoms with Crippen LogP contribution in [0, 0.1) is 11.8 Å². The topological polar surface area (TPSA) is 110 Å². The number of methoxy groups -OCH3 is 1. The van der Waals surface area contributed by atoms with Gasteiger partial charge in [0.25, 0.3) is 5.91 Å². The minimum atomic E-state index is -0.663. The minimum Gasteiger partial charge on any atom is -0.512 e. The first-order valence-electron chi connectivity index (χ1n) is 14.6. The molecule has 2 atom stereocenters. The molecule has 1 aliphatic heterocycles. The van der Waals surface area contributed by atoms with Gasteiger partial charge in [-0.15, -0.1) is 5.10 Å². The molecular weight excluding hydrogens is 522 g/mol. The minimum absolute atomic E-state index is 0.166. The van der Waals surface area contributed by atoms with E-state index in [2.05, 4.69) is 24.2 Å². The van der Waals surface area contributed by atoms with Gasteiger partial charge in [-0.25, -0.2) is 9.48 Å². The van der Waals surface area contributed by atoms with Gasteiger partial charge in [-0.3, -0.25) is 4.79 Å². The van der Waals surface area contributed by atoms with Crippen molar-refractivity contribution in [3.05, 3.63) is 53.6 Å². The van der Waals surface area contributed by atoms with Crippen LogP contribution < -0.4 is 0 Å². The van der Waals surface area contributed by atoms with Crippen molar-refractivity contribution in [1.29, 1.82) is 0 Å². The fourth-order valence-electron chi connectivity index (χ4n) is 5.16. The lowest BCUT2D eigenvalue weighted by Crippen LogP contribution is -2.56. The molecule has 0 saturated carbocycles. The van der Waals surface area contributed by atoms with E-state index < -0.39 is 11.7 Å². The maximum atomic E-state index is 14.4. The van der Waals surface area contributed by atoms with Crippen molar-refractivity contribution < 1.29 is 24.2 Å². The molecule has 3 rings (SSSR count). The van der Waals surface area contributed by atoms with Crippen LogP contribution in [0.15, 0.2) is 42.2 Å². The van der Waals surface area contributed by atoms with Gasteiger partial charge in [0.05, 0.1) is 23.2 Å². The highest BCUT2D eigenvalue weighted by molar-refractivity contribution is 5.93. The van der Waals surface area contributed by atoms with E-state index in [1.807, 2.05) is 56.0 Å². The lowest BCUT2D eigenvalue weighted by atomic mass is 9.90. The number of amides is 2. The van der Waals surface area contributed by atoms with Crippen LogP contribution in [0.2, 0.25) is 0 Å². The Hall–Kier alpha value is -3.40. The first-order chi connectivity index (χ1) is 19.4. The number of piperidine rings is 1. The molecule has 1 aromatic carbocycles. The van der Waals surface area contributed by atoms with Crippen LogP contribution in [0.1, 0.15) is 77.0 Å². The number of hydrogen-bond donors (Lipinski definition) is 1. The average Bonchev–Trinajstić information content (AvgIpc) is 3.36. The van der Waals surface area contributed by atoms with E-state index in [4.69, 9.17) is 9.47 Å². The van der Waals surface area contributed by atoms with Crippen molar-refractivity contribution in [3.8, 4) is 5.69 Å². The number of benzene rings is 1. The Labute approximate surface area is 244 Å². The fraction of sp³-hybridized carbons (Fsp3) is 0.613. The van der Waals surface area contributed by atoms with Crippen molar-refractivity contribution in [2.24, 2.45) is 11.8 Å². The van der Waals surface area contributed by atoms with Gasteiger partial charge in [0.1, 0.15) is 5.60 Å². The number of aliphatic hydroxyl groups is 1. The Morgan fingerprint density at radius 2 is 1.88 bits per heavy atom. The third-order valence-corrected chi connectivity index (χ3v) is 7.04. The van der Waals surface area contributed by atoms with E-state index in [0.29, 0.717) is 44.8 Å². The van der Waals surface area contributed by atoms with Crippen molar-refractivity contribution in [2.75, 3.05) is 33.4 Å². The van der Waals surface area contributed by atoms with Crippen LogP contribution in [0.3, 0.4) is 0 Å². The van der Waals surface area contributed by atoms with Gasteiger partial charge in [0.15, 0.2) is 5.69 Å². The molecular formula is C31H47N5O5. The Morgan fingerprint density at radius 1 is 1.17 bits per heavy atom. The molecule has 2 amide bonds. The Kier molecular flexibility index (Phi) is 11.3. The molecule has 0 bridgehead atoms. The van der Waals surface area contributed by atoms with Gasteiger partial charge in [-0.05, 0) is 77.5 Å². The second kappa shape index (κ2) is 14.5. The summed E-state index contributed by atoms with van der Waals surface area (Å²) in [6.45, 7) is 13.1. The quantitative estimate of drug-likeness (QED) is 0.284. The number of allylic oxidation sites excluding steroid dienone is 1. The Bertz CT molecular complexity index is 1170. The number of ether oxygens (including phenoxy) is 2.